The number of urea groups is 1. The third kappa shape index (κ3) is 2.87. The summed E-state index contributed by atoms with van der Waals surface area (Å²) in [5, 5.41) is 2.86. The van der Waals surface area contributed by atoms with Crippen LogP contribution < -0.4 is 5.32 Å². The summed E-state index contributed by atoms with van der Waals surface area (Å²) in [7, 11) is 0. The molecule has 1 aliphatic rings. The van der Waals surface area contributed by atoms with Crippen molar-refractivity contribution in [2.24, 2.45) is 0 Å². The molecule has 102 valence electrons. The van der Waals surface area contributed by atoms with E-state index < -0.39 is 24.0 Å². The molecule has 1 atom stereocenters. The SMILES string of the molecule is C[C@H](OC(=O)c1cc(Cl)c[nH]1)C(=O)N1CCNC1=O. The molecule has 1 aromatic rings. The molecule has 8 heteroatoms. The van der Waals surface area contributed by atoms with Gasteiger partial charge < -0.3 is 15.0 Å². The molecule has 1 aromatic heterocycles. The Kier molecular flexibility index (Phi) is 3.75. The summed E-state index contributed by atoms with van der Waals surface area (Å²) >= 11 is 5.66. The zero-order valence-corrected chi connectivity index (χ0v) is 10.9. The molecule has 7 nitrogen and oxygen atoms in total. The van der Waals surface area contributed by atoms with Crippen LogP contribution in [0, 0.1) is 0 Å². The maximum Gasteiger partial charge on any atom is 0.355 e. The number of nitrogens with one attached hydrogen (secondary N) is 2. The zero-order valence-electron chi connectivity index (χ0n) is 10.1. The molecule has 2 N–H and O–H groups in total. The van der Waals surface area contributed by atoms with Crippen LogP contribution in [0.1, 0.15) is 17.4 Å². The van der Waals surface area contributed by atoms with Crippen molar-refractivity contribution in [3.8, 4) is 0 Å². The number of nitrogens with zero attached hydrogens (tertiary/aromatic N) is 1. The number of aromatic amines is 1. The van der Waals surface area contributed by atoms with Crippen LogP contribution in [0.25, 0.3) is 0 Å². The molecule has 1 aliphatic heterocycles. The summed E-state index contributed by atoms with van der Waals surface area (Å²) in [6.45, 7) is 2.09. The van der Waals surface area contributed by atoms with Crippen molar-refractivity contribution in [1.29, 1.82) is 0 Å². The molecule has 0 aromatic carbocycles. The lowest BCUT2D eigenvalue weighted by Crippen LogP contribution is -2.41. The molecular weight excluding hydrogens is 274 g/mol. The fourth-order valence-corrected chi connectivity index (χ4v) is 1.83. The highest BCUT2D eigenvalue weighted by Gasteiger charge is 2.31. The van der Waals surface area contributed by atoms with Gasteiger partial charge in [-0.1, -0.05) is 11.6 Å². The van der Waals surface area contributed by atoms with Crippen molar-refractivity contribution in [3.63, 3.8) is 0 Å². The number of esters is 1. The van der Waals surface area contributed by atoms with Gasteiger partial charge in [0.15, 0.2) is 6.10 Å². The third-order valence-electron chi connectivity index (χ3n) is 2.62. The van der Waals surface area contributed by atoms with E-state index in [-0.39, 0.29) is 12.2 Å². The van der Waals surface area contributed by atoms with Crippen LogP contribution in [-0.4, -0.2) is 47.0 Å². The lowest BCUT2D eigenvalue weighted by Gasteiger charge is -2.17. The predicted molar refractivity (Wildman–Crippen MR) is 65.8 cm³/mol. The molecule has 3 amide bonds. The number of halogens is 1. The van der Waals surface area contributed by atoms with Gasteiger partial charge in [-0.15, -0.1) is 0 Å². The van der Waals surface area contributed by atoms with Crippen molar-refractivity contribution < 1.29 is 19.1 Å². The van der Waals surface area contributed by atoms with Crippen LogP contribution in [-0.2, 0) is 9.53 Å². The summed E-state index contributed by atoms with van der Waals surface area (Å²) in [4.78, 5) is 38.5. The van der Waals surface area contributed by atoms with Crippen LogP contribution in [0.5, 0.6) is 0 Å². The molecule has 1 fully saturated rings. The van der Waals surface area contributed by atoms with E-state index in [1.807, 2.05) is 0 Å². The summed E-state index contributed by atoms with van der Waals surface area (Å²) in [5.41, 5.74) is 0.149. The Labute approximate surface area is 113 Å². The van der Waals surface area contributed by atoms with E-state index in [0.29, 0.717) is 11.6 Å². The molecule has 0 bridgehead atoms. The van der Waals surface area contributed by atoms with Crippen molar-refractivity contribution in [2.45, 2.75) is 13.0 Å². The van der Waals surface area contributed by atoms with Gasteiger partial charge in [-0.3, -0.25) is 9.69 Å². The smallest absolute Gasteiger partial charge is 0.355 e. The van der Waals surface area contributed by atoms with Gasteiger partial charge >= 0.3 is 12.0 Å². The Morgan fingerprint density at radius 1 is 1.53 bits per heavy atom. The van der Waals surface area contributed by atoms with Crippen LogP contribution in [0.15, 0.2) is 12.3 Å². The number of rotatable bonds is 3. The highest BCUT2D eigenvalue weighted by atomic mass is 35.5. The first-order chi connectivity index (χ1) is 8.99. The summed E-state index contributed by atoms with van der Waals surface area (Å²) in [5.74, 6) is -1.26. The molecule has 2 rings (SSSR count). The van der Waals surface area contributed by atoms with Crippen LogP contribution >= 0.6 is 11.6 Å². The van der Waals surface area contributed by atoms with Gasteiger partial charge in [-0.2, -0.15) is 0 Å². The van der Waals surface area contributed by atoms with Crippen LogP contribution in [0.2, 0.25) is 5.02 Å². The average molecular weight is 286 g/mol. The summed E-state index contributed by atoms with van der Waals surface area (Å²) in [6.07, 6.45) is 0.386. The number of carbonyl (C=O) groups excluding carboxylic acids is 3. The zero-order chi connectivity index (χ0) is 14.0. The van der Waals surface area contributed by atoms with Crippen LogP contribution in [0.3, 0.4) is 0 Å². The van der Waals surface area contributed by atoms with Gasteiger partial charge in [0.2, 0.25) is 0 Å². The molecule has 0 saturated carbocycles. The number of ether oxygens (including phenoxy) is 1. The topological polar surface area (TPSA) is 91.5 Å². The minimum atomic E-state index is -1.04. The number of amides is 3. The monoisotopic (exact) mass is 285 g/mol. The van der Waals surface area contributed by atoms with E-state index in [4.69, 9.17) is 16.3 Å². The number of hydrogen-bond donors (Lipinski definition) is 2. The summed E-state index contributed by atoms with van der Waals surface area (Å²) in [6, 6.07) is 0.916. The van der Waals surface area contributed by atoms with Gasteiger partial charge in [0, 0.05) is 19.3 Å². The van der Waals surface area contributed by atoms with Gasteiger partial charge in [0.05, 0.1) is 5.02 Å². The molecule has 0 aliphatic carbocycles. The second kappa shape index (κ2) is 5.31. The number of hydrogen-bond acceptors (Lipinski definition) is 4. The van der Waals surface area contributed by atoms with Crippen LogP contribution in [0.4, 0.5) is 4.79 Å². The van der Waals surface area contributed by atoms with E-state index in [0.717, 1.165) is 4.90 Å². The number of aromatic nitrogens is 1. The quantitative estimate of drug-likeness (QED) is 0.802. The van der Waals surface area contributed by atoms with Gasteiger partial charge in [0.25, 0.3) is 5.91 Å². The van der Waals surface area contributed by atoms with E-state index in [1.165, 1.54) is 19.2 Å². The minimum absolute atomic E-state index is 0.149. The van der Waals surface area contributed by atoms with E-state index in [1.54, 1.807) is 0 Å². The molecule has 19 heavy (non-hydrogen) atoms. The highest BCUT2D eigenvalue weighted by molar-refractivity contribution is 6.30. The predicted octanol–water partition coefficient (Wildman–Crippen LogP) is 0.765. The maximum absolute atomic E-state index is 11.9. The first kappa shape index (κ1) is 13.4. The number of carbonyl (C=O) groups is 3. The molecule has 2 heterocycles. The first-order valence-corrected chi connectivity index (χ1v) is 6.01. The van der Waals surface area contributed by atoms with E-state index in [2.05, 4.69) is 10.3 Å². The van der Waals surface area contributed by atoms with E-state index >= 15 is 0 Å². The van der Waals surface area contributed by atoms with Crippen molar-refractivity contribution in [2.75, 3.05) is 13.1 Å². The Morgan fingerprint density at radius 2 is 2.26 bits per heavy atom. The minimum Gasteiger partial charge on any atom is -0.448 e. The van der Waals surface area contributed by atoms with Crippen molar-refractivity contribution in [3.05, 3.63) is 23.0 Å². The fraction of sp³-hybridized carbons (Fsp3) is 0.364. The summed E-state index contributed by atoms with van der Waals surface area (Å²) < 4.78 is 4.97. The first-order valence-electron chi connectivity index (χ1n) is 5.63. The standard InChI is InChI=1S/C11H12ClN3O4/c1-6(9(16)15-3-2-13-11(15)18)19-10(17)8-4-7(12)5-14-8/h4-6,14H,2-3H2,1H3,(H,13,18)/t6-/m0/s1. The van der Waals surface area contributed by atoms with Gasteiger partial charge in [0.1, 0.15) is 5.69 Å². The lowest BCUT2D eigenvalue weighted by molar-refractivity contribution is -0.136. The van der Waals surface area contributed by atoms with E-state index in [9.17, 15) is 14.4 Å². The van der Waals surface area contributed by atoms with Crippen molar-refractivity contribution >= 4 is 29.5 Å². The maximum atomic E-state index is 11.9. The molecule has 0 spiro atoms. The van der Waals surface area contributed by atoms with Crippen molar-refractivity contribution in [1.82, 2.24) is 15.2 Å². The number of H-pyrrole nitrogens is 1. The molecule has 1 saturated heterocycles. The Morgan fingerprint density at radius 3 is 2.79 bits per heavy atom. The molecule has 0 radical (unpaired) electrons. The Balaban J connectivity index is 1.97. The normalized spacial score (nSPS) is 16.1. The molecular formula is C11H12ClN3O4. The lowest BCUT2D eigenvalue weighted by atomic mass is 10.3. The molecule has 0 unspecified atom stereocenters. The largest absolute Gasteiger partial charge is 0.448 e. The second-order valence-corrected chi connectivity index (χ2v) is 4.44. The number of imide groups is 1. The Hall–Kier alpha value is -2.02. The van der Waals surface area contributed by atoms with Gasteiger partial charge in [-0.05, 0) is 13.0 Å². The Bertz CT molecular complexity index is 528. The fourth-order valence-electron chi connectivity index (χ4n) is 1.66. The third-order valence-corrected chi connectivity index (χ3v) is 2.84. The second-order valence-electron chi connectivity index (χ2n) is 4.00. The highest BCUT2D eigenvalue weighted by Crippen LogP contribution is 2.12. The van der Waals surface area contributed by atoms with Gasteiger partial charge in [-0.25, -0.2) is 9.59 Å². The average Bonchev–Trinajstić information content (AvgIpc) is 2.97.